The van der Waals surface area contributed by atoms with E-state index in [1.807, 2.05) is 18.2 Å². The van der Waals surface area contributed by atoms with Crippen LogP contribution in [-0.2, 0) is 0 Å². The second-order valence-electron chi connectivity index (χ2n) is 5.45. The van der Waals surface area contributed by atoms with Gasteiger partial charge in [0.15, 0.2) is 0 Å². The van der Waals surface area contributed by atoms with Crippen molar-refractivity contribution in [1.29, 1.82) is 0 Å². The van der Waals surface area contributed by atoms with Gasteiger partial charge in [-0.1, -0.05) is 35.3 Å². The van der Waals surface area contributed by atoms with Crippen molar-refractivity contribution in [2.45, 2.75) is 44.8 Å². The Bertz CT molecular complexity index is 417. The zero-order valence-corrected chi connectivity index (χ0v) is 12.7. The van der Waals surface area contributed by atoms with Crippen molar-refractivity contribution in [1.82, 2.24) is 5.32 Å². The molecule has 1 unspecified atom stereocenters. The number of hydrogen-bond donors (Lipinski definition) is 2. The summed E-state index contributed by atoms with van der Waals surface area (Å²) >= 11 is 12.3. The largest absolute Gasteiger partial charge is 0.393 e. The highest BCUT2D eigenvalue weighted by Gasteiger charge is 2.20. The second-order valence-corrected chi connectivity index (χ2v) is 6.23. The van der Waals surface area contributed by atoms with Crippen molar-refractivity contribution in [3.63, 3.8) is 0 Å². The third-order valence-electron chi connectivity index (χ3n) is 3.98. The summed E-state index contributed by atoms with van der Waals surface area (Å²) in [5, 5.41) is 14.3. The number of benzene rings is 1. The minimum absolute atomic E-state index is 0.0870. The van der Waals surface area contributed by atoms with Crippen molar-refractivity contribution < 1.29 is 5.11 Å². The molecule has 0 amide bonds. The van der Waals surface area contributed by atoms with Gasteiger partial charge >= 0.3 is 0 Å². The van der Waals surface area contributed by atoms with Gasteiger partial charge in [-0.2, -0.15) is 0 Å². The molecule has 0 aromatic heterocycles. The van der Waals surface area contributed by atoms with Crippen LogP contribution in [-0.4, -0.2) is 17.8 Å². The van der Waals surface area contributed by atoms with Crippen LogP contribution in [0.1, 0.15) is 44.2 Å². The molecule has 0 saturated heterocycles. The molecule has 1 fully saturated rings. The van der Waals surface area contributed by atoms with E-state index in [0.717, 1.165) is 37.8 Å². The van der Waals surface area contributed by atoms with E-state index < -0.39 is 0 Å². The van der Waals surface area contributed by atoms with Crippen LogP contribution >= 0.6 is 23.2 Å². The van der Waals surface area contributed by atoms with Crippen LogP contribution in [0, 0.1) is 5.92 Å². The fraction of sp³-hybridized carbons (Fsp3) is 0.600. The van der Waals surface area contributed by atoms with E-state index in [1.54, 1.807) is 0 Å². The summed E-state index contributed by atoms with van der Waals surface area (Å²) in [7, 11) is 0. The molecule has 0 heterocycles. The Morgan fingerprint density at radius 1 is 1.26 bits per heavy atom. The van der Waals surface area contributed by atoms with Gasteiger partial charge in [-0.05, 0) is 56.7 Å². The van der Waals surface area contributed by atoms with Crippen LogP contribution < -0.4 is 5.32 Å². The lowest BCUT2D eigenvalue weighted by Crippen LogP contribution is -2.29. The molecule has 0 bridgehead atoms. The van der Waals surface area contributed by atoms with Crippen molar-refractivity contribution in [3.05, 3.63) is 33.8 Å². The molecule has 1 saturated carbocycles. The van der Waals surface area contributed by atoms with Gasteiger partial charge in [0.1, 0.15) is 0 Å². The van der Waals surface area contributed by atoms with Gasteiger partial charge in [-0.3, -0.25) is 0 Å². The van der Waals surface area contributed by atoms with Gasteiger partial charge in [0, 0.05) is 6.04 Å². The molecule has 19 heavy (non-hydrogen) atoms. The monoisotopic (exact) mass is 301 g/mol. The summed E-state index contributed by atoms with van der Waals surface area (Å²) in [6, 6.07) is 5.94. The normalized spacial score (nSPS) is 25.3. The molecule has 4 heteroatoms. The van der Waals surface area contributed by atoms with E-state index in [0.29, 0.717) is 16.0 Å². The Morgan fingerprint density at radius 3 is 2.63 bits per heavy atom. The highest BCUT2D eigenvalue weighted by Crippen LogP contribution is 2.30. The number of halogens is 2. The van der Waals surface area contributed by atoms with Crippen LogP contribution in [0.15, 0.2) is 18.2 Å². The fourth-order valence-corrected chi connectivity index (χ4v) is 3.13. The first-order valence-corrected chi connectivity index (χ1v) is 7.69. The van der Waals surface area contributed by atoms with Gasteiger partial charge in [0.25, 0.3) is 0 Å². The zero-order chi connectivity index (χ0) is 13.8. The number of aliphatic hydroxyl groups excluding tert-OH is 1. The van der Waals surface area contributed by atoms with E-state index in [1.165, 1.54) is 0 Å². The zero-order valence-electron chi connectivity index (χ0n) is 11.2. The summed E-state index contributed by atoms with van der Waals surface area (Å²) < 4.78 is 0. The Labute approximate surface area is 125 Å². The van der Waals surface area contributed by atoms with E-state index in [-0.39, 0.29) is 12.1 Å². The van der Waals surface area contributed by atoms with Crippen molar-refractivity contribution in [3.8, 4) is 0 Å². The van der Waals surface area contributed by atoms with Crippen LogP contribution in [0.5, 0.6) is 0 Å². The third-order valence-corrected chi connectivity index (χ3v) is 4.81. The molecule has 1 aromatic carbocycles. The van der Waals surface area contributed by atoms with Crippen molar-refractivity contribution >= 4 is 23.2 Å². The molecular weight excluding hydrogens is 281 g/mol. The number of nitrogens with one attached hydrogen (secondary N) is 1. The fourth-order valence-electron chi connectivity index (χ4n) is 2.66. The van der Waals surface area contributed by atoms with E-state index in [4.69, 9.17) is 23.2 Å². The van der Waals surface area contributed by atoms with Crippen LogP contribution in [0.4, 0.5) is 0 Å². The van der Waals surface area contributed by atoms with E-state index >= 15 is 0 Å². The molecule has 1 aliphatic carbocycles. The number of hydrogen-bond acceptors (Lipinski definition) is 2. The first-order chi connectivity index (χ1) is 9.08. The van der Waals surface area contributed by atoms with Gasteiger partial charge in [-0.15, -0.1) is 0 Å². The highest BCUT2D eigenvalue weighted by molar-refractivity contribution is 6.42. The maximum Gasteiger partial charge on any atom is 0.0639 e. The molecular formula is C15H21Cl2NO. The van der Waals surface area contributed by atoms with Gasteiger partial charge in [0.2, 0.25) is 0 Å². The van der Waals surface area contributed by atoms with Crippen LogP contribution in [0.2, 0.25) is 10.0 Å². The molecule has 2 N–H and O–H groups in total. The molecule has 2 nitrogen and oxygen atoms in total. The molecule has 0 radical (unpaired) electrons. The van der Waals surface area contributed by atoms with Gasteiger partial charge in [0.05, 0.1) is 16.1 Å². The lowest BCUT2D eigenvalue weighted by Gasteiger charge is -2.27. The second kappa shape index (κ2) is 6.94. The van der Waals surface area contributed by atoms with Gasteiger partial charge < -0.3 is 10.4 Å². The van der Waals surface area contributed by atoms with Crippen molar-refractivity contribution in [2.24, 2.45) is 5.92 Å². The Hall–Kier alpha value is -0.280. The molecule has 1 aliphatic rings. The summed E-state index contributed by atoms with van der Waals surface area (Å²) in [6.07, 6.45) is 3.97. The molecule has 2 rings (SSSR count). The average molecular weight is 302 g/mol. The first-order valence-electron chi connectivity index (χ1n) is 6.93. The topological polar surface area (TPSA) is 32.3 Å². The summed E-state index contributed by atoms with van der Waals surface area (Å²) in [5.41, 5.74) is 1.05. The standard InChI is InChI=1S/C15H21Cl2NO/c1-10(13-3-2-4-14(16)15(13)17)18-9-11-5-7-12(19)8-6-11/h2-4,10-12,18-19H,5-9H2,1H3. The van der Waals surface area contributed by atoms with Crippen molar-refractivity contribution in [2.75, 3.05) is 6.54 Å². The lowest BCUT2D eigenvalue weighted by atomic mass is 9.87. The minimum Gasteiger partial charge on any atom is -0.393 e. The predicted molar refractivity (Wildman–Crippen MR) is 80.8 cm³/mol. The first kappa shape index (κ1) is 15.1. The van der Waals surface area contributed by atoms with E-state index in [2.05, 4.69) is 12.2 Å². The molecule has 1 atom stereocenters. The minimum atomic E-state index is -0.0870. The number of rotatable bonds is 4. The average Bonchev–Trinajstić information content (AvgIpc) is 2.41. The summed E-state index contributed by atoms with van der Waals surface area (Å²) in [4.78, 5) is 0. The quantitative estimate of drug-likeness (QED) is 0.874. The maximum absolute atomic E-state index is 9.50. The molecule has 106 valence electrons. The lowest BCUT2D eigenvalue weighted by molar-refractivity contribution is 0.108. The summed E-state index contributed by atoms with van der Waals surface area (Å²) in [6.45, 7) is 3.08. The smallest absolute Gasteiger partial charge is 0.0639 e. The highest BCUT2D eigenvalue weighted by atomic mass is 35.5. The molecule has 0 aliphatic heterocycles. The van der Waals surface area contributed by atoms with E-state index in [9.17, 15) is 5.11 Å². The Balaban J connectivity index is 1.87. The van der Waals surface area contributed by atoms with Crippen LogP contribution in [0.3, 0.4) is 0 Å². The maximum atomic E-state index is 9.50. The Morgan fingerprint density at radius 2 is 1.95 bits per heavy atom. The predicted octanol–water partition coefficient (Wildman–Crippen LogP) is 4.20. The number of aliphatic hydroxyl groups is 1. The Kier molecular flexibility index (Phi) is 5.52. The SMILES string of the molecule is CC(NCC1CCC(O)CC1)c1cccc(Cl)c1Cl. The molecule has 1 aromatic rings. The molecule has 0 spiro atoms. The third kappa shape index (κ3) is 4.09. The van der Waals surface area contributed by atoms with Crippen LogP contribution in [0.25, 0.3) is 0 Å². The van der Waals surface area contributed by atoms with Gasteiger partial charge in [-0.25, -0.2) is 0 Å². The summed E-state index contributed by atoms with van der Waals surface area (Å²) in [5.74, 6) is 0.656.